The zero-order chi connectivity index (χ0) is 14.9. The van der Waals surface area contributed by atoms with E-state index >= 15 is 0 Å². The van der Waals surface area contributed by atoms with Crippen LogP contribution in [-0.2, 0) is 14.3 Å². The number of nitrogens with one attached hydrogen (secondary N) is 1. The molecule has 2 amide bonds. The van der Waals surface area contributed by atoms with Crippen LogP contribution in [0.1, 0.15) is 58.3 Å². The van der Waals surface area contributed by atoms with E-state index in [4.69, 9.17) is 4.74 Å². The second-order valence-electron chi connectivity index (χ2n) is 6.65. The van der Waals surface area contributed by atoms with Gasteiger partial charge in [-0.2, -0.15) is 0 Å². The number of rotatable bonds is 3. The van der Waals surface area contributed by atoms with Gasteiger partial charge in [0.2, 0.25) is 11.8 Å². The molecule has 1 aliphatic carbocycles. The summed E-state index contributed by atoms with van der Waals surface area (Å²) < 4.78 is 5.68. The van der Waals surface area contributed by atoms with Gasteiger partial charge < -0.3 is 15.0 Å². The summed E-state index contributed by atoms with van der Waals surface area (Å²) in [5.74, 6) is 0.154. The van der Waals surface area contributed by atoms with Crippen LogP contribution in [0.4, 0.5) is 0 Å². The number of amides is 2. The molecule has 118 valence electrons. The van der Waals surface area contributed by atoms with Gasteiger partial charge in [0.05, 0.1) is 6.10 Å². The van der Waals surface area contributed by atoms with Gasteiger partial charge in [0.25, 0.3) is 0 Å². The number of ether oxygens (including phenoxy) is 1. The summed E-state index contributed by atoms with van der Waals surface area (Å²) in [4.78, 5) is 27.4. The maximum Gasteiger partial charge on any atom is 0.249 e. The Hall–Kier alpha value is -1.10. The van der Waals surface area contributed by atoms with E-state index in [1.165, 1.54) is 0 Å². The molecule has 0 radical (unpaired) electrons. The van der Waals surface area contributed by atoms with Crippen LogP contribution < -0.4 is 5.32 Å². The summed E-state index contributed by atoms with van der Waals surface area (Å²) in [6.07, 6.45) is 7.61. The van der Waals surface area contributed by atoms with Crippen molar-refractivity contribution >= 4 is 11.8 Å². The van der Waals surface area contributed by atoms with Crippen LogP contribution in [0.2, 0.25) is 0 Å². The molecule has 0 bridgehead atoms. The molecule has 1 saturated carbocycles. The molecule has 1 spiro atoms. The van der Waals surface area contributed by atoms with Crippen molar-refractivity contribution in [1.29, 1.82) is 0 Å². The van der Waals surface area contributed by atoms with E-state index in [1.807, 2.05) is 11.8 Å². The molecule has 2 aliphatic heterocycles. The third-order valence-corrected chi connectivity index (χ3v) is 5.23. The molecule has 0 aromatic carbocycles. The summed E-state index contributed by atoms with van der Waals surface area (Å²) in [6.45, 7) is 3.33. The summed E-state index contributed by atoms with van der Waals surface area (Å²) in [5.41, 5.74) is -0.625. The van der Waals surface area contributed by atoms with Crippen molar-refractivity contribution in [3.63, 3.8) is 0 Å². The largest absolute Gasteiger partial charge is 0.376 e. The molecule has 3 fully saturated rings. The molecule has 21 heavy (non-hydrogen) atoms. The molecule has 2 unspecified atom stereocenters. The van der Waals surface area contributed by atoms with E-state index < -0.39 is 5.54 Å². The molecule has 3 aliphatic rings. The van der Waals surface area contributed by atoms with Gasteiger partial charge in [-0.05, 0) is 32.1 Å². The van der Waals surface area contributed by atoms with Crippen LogP contribution in [-0.4, -0.2) is 47.6 Å². The predicted octanol–water partition coefficient (Wildman–Crippen LogP) is 1.61. The van der Waals surface area contributed by atoms with Crippen molar-refractivity contribution in [1.82, 2.24) is 10.2 Å². The van der Waals surface area contributed by atoms with E-state index in [9.17, 15) is 9.59 Å². The van der Waals surface area contributed by atoms with Crippen LogP contribution in [0, 0.1) is 0 Å². The van der Waals surface area contributed by atoms with E-state index in [-0.39, 0.29) is 24.0 Å². The SMILES string of the molecule is CCC1C(=O)NC2(CCCCC2)C(=O)N1CC1CCCO1. The van der Waals surface area contributed by atoms with E-state index in [0.717, 1.165) is 51.6 Å². The highest BCUT2D eigenvalue weighted by molar-refractivity contribution is 5.99. The normalized spacial score (nSPS) is 32.5. The second-order valence-corrected chi connectivity index (χ2v) is 6.65. The lowest BCUT2D eigenvalue weighted by molar-refractivity contribution is -0.158. The van der Waals surface area contributed by atoms with Crippen LogP contribution in [0.15, 0.2) is 0 Å². The van der Waals surface area contributed by atoms with E-state index in [0.29, 0.717) is 13.0 Å². The zero-order valence-electron chi connectivity index (χ0n) is 12.9. The fourth-order valence-electron chi connectivity index (χ4n) is 4.05. The van der Waals surface area contributed by atoms with Gasteiger partial charge >= 0.3 is 0 Å². The first-order valence-corrected chi connectivity index (χ1v) is 8.41. The van der Waals surface area contributed by atoms with Gasteiger partial charge in [-0.1, -0.05) is 26.2 Å². The molecule has 5 nitrogen and oxygen atoms in total. The van der Waals surface area contributed by atoms with Gasteiger partial charge in [-0.15, -0.1) is 0 Å². The van der Waals surface area contributed by atoms with Crippen LogP contribution >= 0.6 is 0 Å². The molecule has 5 heteroatoms. The summed E-state index contributed by atoms with van der Waals surface area (Å²) in [7, 11) is 0. The molecule has 2 heterocycles. The quantitative estimate of drug-likeness (QED) is 0.860. The first kappa shape index (κ1) is 14.8. The minimum absolute atomic E-state index is 0.0250. The zero-order valence-corrected chi connectivity index (χ0v) is 12.9. The van der Waals surface area contributed by atoms with E-state index in [1.54, 1.807) is 0 Å². The van der Waals surface area contributed by atoms with Gasteiger partial charge in [-0.3, -0.25) is 9.59 Å². The Morgan fingerprint density at radius 1 is 1.24 bits per heavy atom. The average Bonchev–Trinajstić information content (AvgIpc) is 2.99. The second kappa shape index (κ2) is 5.95. The highest BCUT2D eigenvalue weighted by atomic mass is 16.5. The molecule has 2 saturated heterocycles. The minimum atomic E-state index is -0.625. The highest BCUT2D eigenvalue weighted by Crippen LogP contribution is 2.34. The van der Waals surface area contributed by atoms with Crippen LogP contribution in [0.5, 0.6) is 0 Å². The molecule has 1 N–H and O–H groups in total. The Morgan fingerprint density at radius 2 is 2.00 bits per heavy atom. The Labute approximate surface area is 126 Å². The molecule has 2 atom stereocenters. The Balaban J connectivity index is 1.81. The lowest BCUT2D eigenvalue weighted by atomic mass is 9.78. The first-order chi connectivity index (χ1) is 10.2. The number of piperazine rings is 1. The van der Waals surface area contributed by atoms with Gasteiger partial charge in [0.1, 0.15) is 11.6 Å². The fraction of sp³-hybridized carbons (Fsp3) is 0.875. The van der Waals surface area contributed by atoms with E-state index in [2.05, 4.69) is 5.32 Å². The van der Waals surface area contributed by atoms with Crippen molar-refractivity contribution in [3.8, 4) is 0 Å². The molecule has 0 aromatic rings. The van der Waals surface area contributed by atoms with Crippen molar-refractivity contribution < 1.29 is 14.3 Å². The lowest BCUT2D eigenvalue weighted by Crippen LogP contribution is -2.71. The fourth-order valence-corrected chi connectivity index (χ4v) is 4.05. The third-order valence-electron chi connectivity index (χ3n) is 5.23. The summed E-state index contributed by atoms with van der Waals surface area (Å²) in [6, 6.07) is -0.325. The topological polar surface area (TPSA) is 58.6 Å². The molecular formula is C16H26N2O3. The molecule has 0 aromatic heterocycles. The Bertz CT molecular complexity index is 412. The predicted molar refractivity (Wildman–Crippen MR) is 78.7 cm³/mol. The third kappa shape index (κ3) is 2.68. The number of nitrogens with zero attached hydrogens (tertiary/aromatic N) is 1. The van der Waals surface area contributed by atoms with Gasteiger partial charge in [0, 0.05) is 13.2 Å². The molecule has 3 rings (SSSR count). The number of carbonyl (C=O) groups excluding carboxylic acids is 2. The molecular weight excluding hydrogens is 268 g/mol. The average molecular weight is 294 g/mol. The number of carbonyl (C=O) groups is 2. The lowest BCUT2D eigenvalue weighted by Gasteiger charge is -2.48. The maximum atomic E-state index is 13.1. The Morgan fingerprint density at radius 3 is 2.62 bits per heavy atom. The van der Waals surface area contributed by atoms with Crippen molar-refractivity contribution in [2.24, 2.45) is 0 Å². The van der Waals surface area contributed by atoms with Gasteiger partial charge in [0.15, 0.2) is 0 Å². The minimum Gasteiger partial charge on any atom is -0.376 e. The summed E-state index contributed by atoms with van der Waals surface area (Å²) in [5, 5.41) is 3.07. The summed E-state index contributed by atoms with van der Waals surface area (Å²) >= 11 is 0. The van der Waals surface area contributed by atoms with Crippen LogP contribution in [0.3, 0.4) is 0 Å². The maximum absolute atomic E-state index is 13.1. The van der Waals surface area contributed by atoms with Crippen LogP contribution in [0.25, 0.3) is 0 Å². The number of hydrogen-bond donors (Lipinski definition) is 1. The smallest absolute Gasteiger partial charge is 0.249 e. The van der Waals surface area contributed by atoms with Crippen molar-refractivity contribution in [2.75, 3.05) is 13.2 Å². The van der Waals surface area contributed by atoms with Crippen molar-refractivity contribution in [3.05, 3.63) is 0 Å². The number of hydrogen-bond acceptors (Lipinski definition) is 3. The highest BCUT2D eigenvalue weighted by Gasteiger charge is 2.50. The Kier molecular flexibility index (Phi) is 4.20. The van der Waals surface area contributed by atoms with Crippen molar-refractivity contribution in [2.45, 2.75) is 76.0 Å². The first-order valence-electron chi connectivity index (χ1n) is 8.41. The monoisotopic (exact) mass is 294 g/mol. The van der Waals surface area contributed by atoms with Gasteiger partial charge in [-0.25, -0.2) is 0 Å². The standard InChI is InChI=1S/C16H26N2O3/c1-2-13-14(19)17-16(8-4-3-5-9-16)15(20)18(13)11-12-7-6-10-21-12/h12-13H,2-11H2,1H3,(H,17,19).